The van der Waals surface area contributed by atoms with Crippen molar-refractivity contribution in [3.63, 3.8) is 0 Å². The maximum atomic E-state index is 5.97. The van der Waals surface area contributed by atoms with Gasteiger partial charge in [-0.05, 0) is 19.3 Å². The van der Waals surface area contributed by atoms with Gasteiger partial charge in [0.2, 0.25) is 0 Å². The molecular formula is C11H23NO. The summed E-state index contributed by atoms with van der Waals surface area (Å²) < 4.78 is 5.97. The SMILES string of the molecule is CCCC1NCCOC1(CC)CC. The molecule has 1 fully saturated rings. The van der Waals surface area contributed by atoms with Crippen molar-refractivity contribution >= 4 is 0 Å². The Morgan fingerprint density at radius 1 is 1.31 bits per heavy atom. The van der Waals surface area contributed by atoms with Gasteiger partial charge in [-0.1, -0.05) is 27.2 Å². The highest BCUT2D eigenvalue weighted by Gasteiger charge is 2.38. The first kappa shape index (κ1) is 11.0. The molecule has 1 rings (SSSR count). The van der Waals surface area contributed by atoms with E-state index in [1.165, 1.54) is 12.8 Å². The zero-order valence-corrected chi connectivity index (χ0v) is 9.23. The lowest BCUT2D eigenvalue weighted by molar-refractivity contribution is -0.103. The molecule has 1 aliphatic heterocycles. The highest BCUT2D eigenvalue weighted by Crippen LogP contribution is 2.29. The number of morpholine rings is 1. The summed E-state index contributed by atoms with van der Waals surface area (Å²) in [5.41, 5.74) is 0.119. The standard InChI is InChI=1S/C11H23NO/c1-4-7-10-11(5-2,6-3)13-9-8-12-10/h10,12H,4-9H2,1-3H3. The summed E-state index contributed by atoms with van der Waals surface area (Å²) in [5.74, 6) is 0. The molecule has 78 valence electrons. The molecule has 1 N–H and O–H groups in total. The van der Waals surface area contributed by atoms with E-state index in [4.69, 9.17) is 4.74 Å². The van der Waals surface area contributed by atoms with Gasteiger partial charge in [0, 0.05) is 12.6 Å². The van der Waals surface area contributed by atoms with Crippen molar-refractivity contribution in [3.05, 3.63) is 0 Å². The number of hydrogen-bond acceptors (Lipinski definition) is 2. The predicted octanol–water partition coefficient (Wildman–Crippen LogP) is 2.33. The van der Waals surface area contributed by atoms with Crippen LogP contribution in [0.4, 0.5) is 0 Å². The maximum absolute atomic E-state index is 5.97. The van der Waals surface area contributed by atoms with Crippen molar-refractivity contribution < 1.29 is 4.74 Å². The Labute approximate surface area is 82.0 Å². The minimum absolute atomic E-state index is 0.119. The van der Waals surface area contributed by atoms with Gasteiger partial charge in [0.25, 0.3) is 0 Å². The average molecular weight is 185 g/mol. The maximum Gasteiger partial charge on any atom is 0.0830 e. The molecule has 2 heteroatoms. The van der Waals surface area contributed by atoms with Crippen LogP contribution in [0.15, 0.2) is 0 Å². The fraction of sp³-hybridized carbons (Fsp3) is 1.00. The van der Waals surface area contributed by atoms with E-state index in [2.05, 4.69) is 26.1 Å². The first-order valence-corrected chi connectivity index (χ1v) is 5.66. The Balaban J connectivity index is 2.63. The third kappa shape index (κ3) is 2.23. The van der Waals surface area contributed by atoms with Crippen LogP contribution in [-0.4, -0.2) is 24.8 Å². The molecule has 13 heavy (non-hydrogen) atoms. The van der Waals surface area contributed by atoms with E-state index in [0.717, 1.165) is 26.0 Å². The van der Waals surface area contributed by atoms with Crippen molar-refractivity contribution in [1.82, 2.24) is 5.32 Å². The molecule has 0 aliphatic carbocycles. The van der Waals surface area contributed by atoms with Gasteiger partial charge in [0.1, 0.15) is 0 Å². The first-order valence-electron chi connectivity index (χ1n) is 5.66. The minimum atomic E-state index is 0.119. The van der Waals surface area contributed by atoms with Crippen LogP contribution in [0.25, 0.3) is 0 Å². The third-order valence-corrected chi connectivity index (χ3v) is 3.29. The second-order valence-corrected chi connectivity index (χ2v) is 3.92. The van der Waals surface area contributed by atoms with Crippen LogP contribution in [-0.2, 0) is 4.74 Å². The molecule has 0 aromatic rings. The summed E-state index contributed by atoms with van der Waals surface area (Å²) in [6.07, 6.45) is 4.73. The fourth-order valence-electron chi connectivity index (χ4n) is 2.37. The Morgan fingerprint density at radius 2 is 2.00 bits per heavy atom. The number of hydrogen-bond donors (Lipinski definition) is 1. The van der Waals surface area contributed by atoms with Crippen LogP contribution in [0.5, 0.6) is 0 Å². The molecule has 0 amide bonds. The van der Waals surface area contributed by atoms with Gasteiger partial charge < -0.3 is 10.1 Å². The van der Waals surface area contributed by atoms with Crippen LogP contribution >= 0.6 is 0 Å². The van der Waals surface area contributed by atoms with Crippen LogP contribution in [0, 0.1) is 0 Å². The summed E-state index contributed by atoms with van der Waals surface area (Å²) >= 11 is 0. The highest BCUT2D eigenvalue weighted by atomic mass is 16.5. The summed E-state index contributed by atoms with van der Waals surface area (Å²) in [6, 6.07) is 0.571. The van der Waals surface area contributed by atoms with E-state index in [0.29, 0.717) is 6.04 Å². The second kappa shape index (κ2) is 4.97. The monoisotopic (exact) mass is 185 g/mol. The molecule has 1 saturated heterocycles. The molecule has 0 spiro atoms. The minimum Gasteiger partial charge on any atom is -0.372 e. The summed E-state index contributed by atoms with van der Waals surface area (Å²) in [7, 11) is 0. The third-order valence-electron chi connectivity index (χ3n) is 3.29. The lowest BCUT2D eigenvalue weighted by Crippen LogP contribution is -2.57. The zero-order valence-electron chi connectivity index (χ0n) is 9.23. The molecule has 0 aromatic heterocycles. The van der Waals surface area contributed by atoms with Gasteiger partial charge >= 0.3 is 0 Å². The Hall–Kier alpha value is -0.0800. The van der Waals surface area contributed by atoms with Crippen molar-refractivity contribution in [2.75, 3.05) is 13.2 Å². The second-order valence-electron chi connectivity index (χ2n) is 3.92. The average Bonchev–Trinajstić information content (AvgIpc) is 2.20. The molecule has 2 nitrogen and oxygen atoms in total. The van der Waals surface area contributed by atoms with E-state index in [9.17, 15) is 0 Å². The van der Waals surface area contributed by atoms with E-state index in [1.54, 1.807) is 0 Å². The molecule has 1 aliphatic rings. The van der Waals surface area contributed by atoms with Crippen molar-refractivity contribution in [2.24, 2.45) is 0 Å². The Bertz CT molecular complexity index is 141. The van der Waals surface area contributed by atoms with Crippen molar-refractivity contribution in [1.29, 1.82) is 0 Å². The van der Waals surface area contributed by atoms with Gasteiger partial charge in [-0.3, -0.25) is 0 Å². The normalized spacial score (nSPS) is 27.5. The lowest BCUT2D eigenvalue weighted by Gasteiger charge is -2.43. The van der Waals surface area contributed by atoms with Crippen LogP contribution < -0.4 is 5.32 Å². The summed E-state index contributed by atoms with van der Waals surface area (Å²) in [6.45, 7) is 8.61. The smallest absolute Gasteiger partial charge is 0.0830 e. The van der Waals surface area contributed by atoms with E-state index in [1.807, 2.05) is 0 Å². The molecule has 1 atom stereocenters. The molecule has 1 heterocycles. The van der Waals surface area contributed by atoms with E-state index >= 15 is 0 Å². The quantitative estimate of drug-likeness (QED) is 0.726. The van der Waals surface area contributed by atoms with Crippen molar-refractivity contribution in [3.8, 4) is 0 Å². The Kier molecular flexibility index (Phi) is 4.20. The molecule has 0 bridgehead atoms. The van der Waals surface area contributed by atoms with Gasteiger partial charge in [0.05, 0.1) is 12.2 Å². The van der Waals surface area contributed by atoms with Crippen LogP contribution in [0.2, 0.25) is 0 Å². The number of ether oxygens (including phenoxy) is 1. The van der Waals surface area contributed by atoms with Gasteiger partial charge in [0.15, 0.2) is 0 Å². The first-order chi connectivity index (χ1) is 6.29. The summed E-state index contributed by atoms with van der Waals surface area (Å²) in [5, 5.41) is 3.59. The topological polar surface area (TPSA) is 21.3 Å². The molecule has 1 unspecified atom stereocenters. The lowest BCUT2D eigenvalue weighted by atomic mass is 9.84. The zero-order chi connectivity index (χ0) is 9.73. The van der Waals surface area contributed by atoms with Crippen LogP contribution in [0.3, 0.4) is 0 Å². The Morgan fingerprint density at radius 3 is 2.54 bits per heavy atom. The summed E-state index contributed by atoms with van der Waals surface area (Å²) in [4.78, 5) is 0. The van der Waals surface area contributed by atoms with E-state index < -0.39 is 0 Å². The predicted molar refractivity (Wildman–Crippen MR) is 56.0 cm³/mol. The highest BCUT2D eigenvalue weighted by molar-refractivity contribution is 4.93. The van der Waals surface area contributed by atoms with Gasteiger partial charge in [-0.15, -0.1) is 0 Å². The van der Waals surface area contributed by atoms with Crippen molar-refractivity contribution in [2.45, 2.75) is 58.1 Å². The number of nitrogens with one attached hydrogen (secondary N) is 1. The fourth-order valence-corrected chi connectivity index (χ4v) is 2.37. The number of rotatable bonds is 4. The molecular weight excluding hydrogens is 162 g/mol. The molecule has 0 saturated carbocycles. The molecule has 0 aromatic carbocycles. The van der Waals surface area contributed by atoms with Crippen LogP contribution in [0.1, 0.15) is 46.5 Å². The van der Waals surface area contributed by atoms with Gasteiger partial charge in [-0.2, -0.15) is 0 Å². The molecule has 0 radical (unpaired) electrons. The van der Waals surface area contributed by atoms with E-state index in [-0.39, 0.29) is 5.60 Å². The largest absolute Gasteiger partial charge is 0.372 e. The van der Waals surface area contributed by atoms with Gasteiger partial charge in [-0.25, -0.2) is 0 Å².